The summed E-state index contributed by atoms with van der Waals surface area (Å²) < 4.78 is 45.3. The summed E-state index contributed by atoms with van der Waals surface area (Å²) in [5.74, 6) is -3.91. The second kappa shape index (κ2) is 8.52. The van der Waals surface area contributed by atoms with Gasteiger partial charge in [-0.05, 0) is 43.3 Å². The predicted molar refractivity (Wildman–Crippen MR) is 100 cm³/mol. The summed E-state index contributed by atoms with van der Waals surface area (Å²) in [6.45, 7) is 4.71. The molecule has 150 valence electrons. The highest BCUT2D eigenvalue weighted by Gasteiger charge is 2.30. The Balaban J connectivity index is 1.57. The van der Waals surface area contributed by atoms with Gasteiger partial charge in [0.15, 0.2) is 23.5 Å². The summed E-state index contributed by atoms with van der Waals surface area (Å²) in [6.07, 6.45) is 0. The lowest BCUT2D eigenvalue weighted by atomic mass is 10.2. The number of hydrogen-bond donors (Lipinski definition) is 2. The molecule has 0 bridgehead atoms. The van der Waals surface area contributed by atoms with Gasteiger partial charge in [0.25, 0.3) is 5.91 Å². The van der Waals surface area contributed by atoms with Crippen LogP contribution < -0.4 is 19.9 Å². The minimum Gasteiger partial charge on any atom is -0.497 e. The normalized spacial score (nSPS) is 16.0. The molecule has 1 fully saturated rings. The average Bonchev–Trinajstić information content (AvgIpc) is 2.73. The van der Waals surface area contributed by atoms with Crippen LogP contribution in [-0.4, -0.2) is 45.2 Å². The minimum atomic E-state index is -1.59. The molecule has 2 N–H and O–H groups in total. The molecule has 2 aromatic carbocycles. The zero-order valence-electron chi connectivity index (χ0n) is 15.8. The number of piperazine rings is 1. The van der Waals surface area contributed by atoms with Gasteiger partial charge in [0.05, 0.1) is 39.0 Å². The maximum atomic E-state index is 13.8. The lowest BCUT2D eigenvalue weighted by Gasteiger charge is -2.36. The zero-order valence-corrected chi connectivity index (χ0v) is 15.8. The molecule has 28 heavy (non-hydrogen) atoms. The third-order valence-corrected chi connectivity index (χ3v) is 5.14. The number of quaternary nitrogens is 1. The molecule has 3 rings (SSSR count). The van der Waals surface area contributed by atoms with Crippen molar-refractivity contribution >= 4 is 17.3 Å². The summed E-state index contributed by atoms with van der Waals surface area (Å²) in [5.41, 5.74) is 0.729. The first-order valence-corrected chi connectivity index (χ1v) is 9.08. The zero-order chi connectivity index (χ0) is 20.3. The van der Waals surface area contributed by atoms with Crippen molar-refractivity contribution in [2.45, 2.75) is 13.0 Å². The Kier molecular flexibility index (Phi) is 6.08. The topological polar surface area (TPSA) is 46.0 Å². The molecule has 1 atom stereocenters. The molecular weight excluding hydrogens is 371 g/mol. The Morgan fingerprint density at radius 2 is 1.71 bits per heavy atom. The predicted octanol–water partition coefficient (Wildman–Crippen LogP) is 1.84. The molecule has 0 spiro atoms. The standard InChI is InChI=1S/C20H22F3N3O2/c1-13(20(27)24-17-8-7-16(21)18(22)19(17)23)25-9-11-26(12-10-25)14-3-5-15(28-2)6-4-14/h3-8,13H,9-12H2,1-2H3,(H,24,27)/p+1/t13-/m1/s1. The van der Waals surface area contributed by atoms with E-state index < -0.39 is 29.4 Å². The van der Waals surface area contributed by atoms with E-state index in [2.05, 4.69) is 10.2 Å². The number of anilines is 2. The van der Waals surface area contributed by atoms with Crippen LogP contribution in [-0.2, 0) is 4.79 Å². The maximum absolute atomic E-state index is 13.8. The van der Waals surface area contributed by atoms with Crippen LogP contribution in [0.3, 0.4) is 0 Å². The summed E-state index contributed by atoms with van der Waals surface area (Å²) in [7, 11) is 1.62. The lowest BCUT2D eigenvalue weighted by molar-refractivity contribution is -0.914. The summed E-state index contributed by atoms with van der Waals surface area (Å²) in [6, 6.07) is 9.15. The molecular formula is C20H23F3N3O2+. The smallest absolute Gasteiger partial charge is 0.282 e. The molecule has 0 aliphatic carbocycles. The molecule has 1 saturated heterocycles. The third-order valence-electron chi connectivity index (χ3n) is 5.14. The van der Waals surface area contributed by atoms with E-state index in [0.29, 0.717) is 0 Å². The van der Waals surface area contributed by atoms with Crippen molar-refractivity contribution in [1.29, 1.82) is 0 Å². The number of halogens is 3. The number of nitrogens with zero attached hydrogens (tertiary/aromatic N) is 1. The van der Waals surface area contributed by atoms with E-state index in [1.807, 2.05) is 24.3 Å². The van der Waals surface area contributed by atoms with Gasteiger partial charge < -0.3 is 19.9 Å². The van der Waals surface area contributed by atoms with Crippen molar-refractivity contribution in [3.63, 3.8) is 0 Å². The number of nitrogens with one attached hydrogen (secondary N) is 2. The van der Waals surface area contributed by atoms with Crippen LogP contribution >= 0.6 is 0 Å². The van der Waals surface area contributed by atoms with Crippen molar-refractivity contribution in [2.75, 3.05) is 43.5 Å². The van der Waals surface area contributed by atoms with E-state index in [4.69, 9.17) is 4.74 Å². The highest BCUT2D eigenvalue weighted by atomic mass is 19.2. The second-order valence-electron chi connectivity index (χ2n) is 6.78. The monoisotopic (exact) mass is 394 g/mol. The van der Waals surface area contributed by atoms with Crippen molar-refractivity contribution in [1.82, 2.24) is 0 Å². The summed E-state index contributed by atoms with van der Waals surface area (Å²) in [4.78, 5) is 15.7. The molecule has 1 aliphatic rings. The fraction of sp³-hybridized carbons (Fsp3) is 0.350. The Morgan fingerprint density at radius 3 is 2.32 bits per heavy atom. The molecule has 1 amide bonds. The van der Waals surface area contributed by atoms with Gasteiger partial charge >= 0.3 is 0 Å². The number of hydrogen-bond acceptors (Lipinski definition) is 3. The first-order valence-electron chi connectivity index (χ1n) is 9.08. The van der Waals surface area contributed by atoms with E-state index in [9.17, 15) is 18.0 Å². The van der Waals surface area contributed by atoms with Crippen LogP contribution in [0.15, 0.2) is 36.4 Å². The highest BCUT2D eigenvalue weighted by Crippen LogP contribution is 2.20. The molecule has 0 aromatic heterocycles. The van der Waals surface area contributed by atoms with Crippen LogP contribution in [0, 0.1) is 17.5 Å². The number of amides is 1. The van der Waals surface area contributed by atoms with Crippen molar-refractivity contribution in [3.05, 3.63) is 53.8 Å². The van der Waals surface area contributed by atoms with Gasteiger partial charge in [-0.3, -0.25) is 4.79 Å². The van der Waals surface area contributed by atoms with Gasteiger partial charge in [0.2, 0.25) is 0 Å². The number of benzene rings is 2. The van der Waals surface area contributed by atoms with Crippen LogP contribution in [0.5, 0.6) is 5.75 Å². The SMILES string of the molecule is COc1ccc(N2CC[NH+]([C@H](C)C(=O)Nc3ccc(F)c(F)c3F)CC2)cc1. The molecule has 0 unspecified atom stereocenters. The van der Waals surface area contributed by atoms with Gasteiger partial charge in [-0.2, -0.15) is 0 Å². The second-order valence-corrected chi connectivity index (χ2v) is 6.78. The molecule has 0 radical (unpaired) electrons. The van der Waals surface area contributed by atoms with Gasteiger partial charge in [-0.15, -0.1) is 0 Å². The van der Waals surface area contributed by atoms with Crippen LogP contribution in [0.1, 0.15) is 6.92 Å². The fourth-order valence-electron chi connectivity index (χ4n) is 3.33. The van der Waals surface area contributed by atoms with Gasteiger partial charge in [-0.1, -0.05) is 0 Å². The van der Waals surface area contributed by atoms with Crippen molar-refractivity contribution in [3.8, 4) is 5.75 Å². The van der Waals surface area contributed by atoms with E-state index in [-0.39, 0.29) is 5.69 Å². The number of rotatable bonds is 5. The molecule has 1 heterocycles. The largest absolute Gasteiger partial charge is 0.497 e. The lowest BCUT2D eigenvalue weighted by Crippen LogP contribution is -3.19. The minimum absolute atomic E-state index is 0.355. The van der Waals surface area contributed by atoms with E-state index in [1.54, 1.807) is 14.0 Å². The highest BCUT2D eigenvalue weighted by molar-refractivity contribution is 5.93. The van der Waals surface area contributed by atoms with E-state index in [1.165, 1.54) is 0 Å². The Bertz CT molecular complexity index is 837. The van der Waals surface area contributed by atoms with Crippen LogP contribution in [0.2, 0.25) is 0 Å². The van der Waals surface area contributed by atoms with Crippen molar-refractivity contribution < 1.29 is 27.6 Å². The van der Waals surface area contributed by atoms with Crippen LogP contribution in [0.4, 0.5) is 24.5 Å². The molecule has 1 aliphatic heterocycles. The summed E-state index contributed by atoms with van der Waals surface area (Å²) in [5, 5.41) is 2.36. The molecule has 8 heteroatoms. The summed E-state index contributed by atoms with van der Waals surface area (Å²) >= 11 is 0. The molecule has 5 nitrogen and oxygen atoms in total. The quantitative estimate of drug-likeness (QED) is 0.761. The number of methoxy groups -OCH3 is 1. The number of ether oxygens (including phenoxy) is 1. The van der Waals surface area contributed by atoms with E-state index in [0.717, 1.165) is 54.6 Å². The molecule has 0 saturated carbocycles. The van der Waals surface area contributed by atoms with Gasteiger partial charge in [-0.25, -0.2) is 13.2 Å². The molecule has 2 aromatic rings. The first kappa shape index (κ1) is 20.0. The maximum Gasteiger partial charge on any atom is 0.282 e. The van der Waals surface area contributed by atoms with Crippen LogP contribution in [0.25, 0.3) is 0 Å². The van der Waals surface area contributed by atoms with Crippen molar-refractivity contribution in [2.24, 2.45) is 0 Å². The number of carbonyl (C=O) groups excluding carboxylic acids is 1. The van der Waals surface area contributed by atoms with Gasteiger partial charge in [0, 0.05) is 5.69 Å². The average molecular weight is 394 g/mol. The van der Waals surface area contributed by atoms with E-state index >= 15 is 0 Å². The Labute approximate surface area is 161 Å². The first-order chi connectivity index (χ1) is 13.4. The number of carbonyl (C=O) groups is 1. The van der Waals surface area contributed by atoms with Gasteiger partial charge in [0.1, 0.15) is 5.75 Å². The third kappa shape index (κ3) is 4.22. The Hall–Kier alpha value is -2.74. The fourth-order valence-corrected chi connectivity index (χ4v) is 3.33. The Morgan fingerprint density at radius 1 is 1.07 bits per heavy atom.